The van der Waals surface area contributed by atoms with E-state index in [2.05, 4.69) is 56.7 Å². The van der Waals surface area contributed by atoms with Crippen LogP contribution in [0, 0.1) is 6.92 Å². The Morgan fingerprint density at radius 3 is 2.53 bits per heavy atom. The van der Waals surface area contributed by atoms with E-state index < -0.39 is 0 Å². The van der Waals surface area contributed by atoms with E-state index in [4.69, 9.17) is 5.73 Å². The van der Waals surface area contributed by atoms with Gasteiger partial charge in [0.2, 0.25) is 0 Å². The fourth-order valence-corrected chi connectivity index (χ4v) is 2.40. The first-order valence-electron chi connectivity index (χ1n) is 6.34. The first kappa shape index (κ1) is 12.2. The molecule has 0 fully saturated rings. The van der Waals surface area contributed by atoms with Crippen molar-refractivity contribution in [2.45, 2.75) is 46.2 Å². The highest BCUT2D eigenvalue weighted by atomic mass is 15.0. The molecule has 0 aliphatic rings. The quantitative estimate of drug-likeness (QED) is 0.860. The average Bonchev–Trinajstić information content (AvgIpc) is 2.55. The zero-order chi connectivity index (χ0) is 12.6. The maximum Gasteiger partial charge on any atom is 0.0488 e. The van der Waals surface area contributed by atoms with E-state index in [0.717, 1.165) is 6.42 Å². The third-order valence-electron chi connectivity index (χ3n) is 3.21. The second-order valence-electron chi connectivity index (χ2n) is 5.35. The van der Waals surface area contributed by atoms with Crippen LogP contribution in [0.2, 0.25) is 0 Å². The van der Waals surface area contributed by atoms with Gasteiger partial charge in [-0.05, 0) is 51.3 Å². The lowest BCUT2D eigenvalue weighted by atomic mass is 10.1. The van der Waals surface area contributed by atoms with Crippen LogP contribution in [-0.2, 0) is 6.42 Å². The summed E-state index contributed by atoms with van der Waals surface area (Å²) < 4.78 is 2.34. The number of nitrogens with two attached hydrogens (primary N) is 1. The standard InChI is InChI=1S/C15H22N2/c1-10(2)17-9-11(3)14-6-5-13(7-12(4)16)8-15(14)17/h5-6,8-10,12H,7,16H2,1-4H3. The Bertz CT molecular complexity index is 521. The van der Waals surface area contributed by atoms with Crippen LogP contribution in [0.3, 0.4) is 0 Å². The Morgan fingerprint density at radius 1 is 1.24 bits per heavy atom. The van der Waals surface area contributed by atoms with Gasteiger partial charge in [-0.25, -0.2) is 0 Å². The molecule has 2 nitrogen and oxygen atoms in total. The molecule has 2 rings (SSSR count). The van der Waals surface area contributed by atoms with Crippen molar-refractivity contribution < 1.29 is 0 Å². The van der Waals surface area contributed by atoms with Crippen molar-refractivity contribution >= 4 is 10.9 Å². The van der Waals surface area contributed by atoms with Crippen LogP contribution in [0.5, 0.6) is 0 Å². The molecule has 0 saturated carbocycles. The van der Waals surface area contributed by atoms with Crippen LogP contribution in [0.15, 0.2) is 24.4 Å². The van der Waals surface area contributed by atoms with Gasteiger partial charge in [-0.3, -0.25) is 0 Å². The fraction of sp³-hybridized carbons (Fsp3) is 0.467. The molecular formula is C15H22N2. The lowest BCUT2D eigenvalue weighted by molar-refractivity contribution is 0.621. The van der Waals surface area contributed by atoms with Crippen molar-refractivity contribution in [3.05, 3.63) is 35.5 Å². The number of benzene rings is 1. The first-order chi connectivity index (χ1) is 7.99. The number of nitrogens with zero attached hydrogens (tertiary/aromatic N) is 1. The van der Waals surface area contributed by atoms with Gasteiger partial charge in [-0.15, -0.1) is 0 Å². The largest absolute Gasteiger partial charge is 0.345 e. The molecule has 0 spiro atoms. The highest BCUT2D eigenvalue weighted by Gasteiger charge is 2.09. The van der Waals surface area contributed by atoms with Crippen LogP contribution in [0.4, 0.5) is 0 Å². The number of fused-ring (bicyclic) bond motifs is 1. The second kappa shape index (κ2) is 4.53. The third kappa shape index (κ3) is 2.37. The van der Waals surface area contributed by atoms with Gasteiger partial charge in [0, 0.05) is 29.2 Å². The molecule has 1 aromatic heterocycles. The van der Waals surface area contributed by atoms with Gasteiger partial charge in [-0.2, -0.15) is 0 Å². The number of hydrogen-bond acceptors (Lipinski definition) is 1. The topological polar surface area (TPSA) is 30.9 Å². The van der Waals surface area contributed by atoms with Crippen molar-refractivity contribution in [3.63, 3.8) is 0 Å². The molecule has 2 N–H and O–H groups in total. The Hall–Kier alpha value is -1.28. The molecule has 1 unspecified atom stereocenters. The minimum atomic E-state index is 0.219. The molecule has 0 radical (unpaired) electrons. The van der Waals surface area contributed by atoms with E-state index in [0.29, 0.717) is 6.04 Å². The van der Waals surface area contributed by atoms with Crippen molar-refractivity contribution in [3.8, 4) is 0 Å². The van der Waals surface area contributed by atoms with Crippen LogP contribution in [-0.4, -0.2) is 10.6 Å². The summed E-state index contributed by atoms with van der Waals surface area (Å²) in [7, 11) is 0. The van der Waals surface area contributed by atoms with Crippen molar-refractivity contribution in [1.29, 1.82) is 0 Å². The molecular weight excluding hydrogens is 208 g/mol. The molecule has 17 heavy (non-hydrogen) atoms. The van der Waals surface area contributed by atoms with E-state index in [1.165, 1.54) is 22.0 Å². The highest BCUT2D eigenvalue weighted by molar-refractivity contribution is 5.84. The molecule has 2 aromatic rings. The van der Waals surface area contributed by atoms with Crippen molar-refractivity contribution in [2.24, 2.45) is 5.73 Å². The summed E-state index contributed by atoms with van der Waals surface area (Å²) in [5.74, 6) is 0. The molecule has 1 atom stereocenters. The Kier molecular flexibility index (Phi) is 3.25. The molecule has 0 aliphatic heterocycles. The van der Waals surface area contributed by atoms with Gasteiger partial charge in [-0.1, -0.05) is 12.1 Å². The van der Waals surface area contributed by atoms with Gasteiger partial charge in [0.1, 0.15) is 0 Å². The Balaban J connectivity index is 2.54. The summed E-state index contributed by atoms with van der Waals surface area (Å²) in [5, 5.41) is 1.35. The van der Waals surface area contributed by atoms with E-state index in [9.17, 15) is 0 Å². The fourth-order valence-electron chi connectivity index (χ4n) is 2.40. The minimum Gasteiger partial charge on any atom is -0.345 e. The van der Waals surface area contributed by atoms with E-state index in [-0.39, 0.29) is 6.04 Å². The normalized spacial score (nSPS) is 13.5. The molecule has 92 valence electrons. The molecule has 0 bridgehead atoms. The van der Waals surface area contributed by atoms with Gasteiger partial charge in [0.05, 0.1) is 0 Å². The zero-order valence-corrected chi connectivity index (χ0v) is 11.2. The van der Waals surface area contributed by atoms with Crippen molar-refractivity contribution in [2.75, 3.05) is 0 Å². The Morgan fingerprint density at radius 2 is 1.94 bits per heavy atom. The monoisotopic (exact) mass is 230 g/mol. The van der Waals surface area contributed by atoms with Crippen LogP contribution < -0.4 is 5.73 Å². The predicted octanol–water partition coefficient (Wildman–Crippen LogP) is 3.42. The van der Waals surface area contributed by atoms with Crippen LogP contribution >= 0.6 is 0 Å². The average molecular weight is 230 g/mol. The molecule has 1 heterocycles. The number of aromatic nitrogens is 1. The van der Waals surface area contributed by atoms with Crippen LogP contribution in [0.1, 0.15) is 37.9 Å². The minimum absolute atomic E-state index is 0.219. The SMILES string of the molecule is Cc1cn(C(C)C)c2cc(CC(C)N)ccc12. The highest BCUT2D eigenvalue weighted by Crippen LogP contribution is 2.25. The lowest BCUT2D eigenvalue weighted by Crippen LogP contribution is -2.17. The number of aryl methyl sites for hydroxylation is 1. The molecule has 2 heteroatoms. The van der Waals surface area contributed by atoms with Gasteiger partial charge < -0.3 is 10.3 Å². The van der Waals surface area contributed by atoms with Gasteiger partial charge in [0.25, 0.3) is 0 Å². The summed E-state index contributed by atoms with van der Waals surface area (Å²) in [6, 6.07) is 7.42. The summed E-state index contributed by atoms with van der Waals surface area (Å²) >= 11 is 0. The molecule has 0 saturated heterocycles. The molecule has 1 aromatic carbocycles. The summed E-state index contributed by atoms with van der Waals surface area (Å²) in [6.45, 7) is 8.66. The summed E-state index contributed by atoms with van der Waals surface area (Å²) in [6.07, 6.45) is 3.18. The zero-order valence-electron chi connectivity index (χ0n) is 11.2. The second-order valence-corrected chi connectivity index (χ2v) is 5.35. The predicted molar refractivity (Wildman–Crippen MR) is 74.4 cm³/mol. The molecule has 0 amide bonds. The maximum atomic E-state index is 5.86. The maximum absolute atomic E-state index is 5.86. The van der Waals surface area contributed by atoms with Crippen LogP contribution in [0.25, 0.3) is 10.9 Å². The van der Waals surface area contributed by atoms with E-state index in [1.54, 1.807) is 0 Å². The van der Waals surface area contributed by atoms with E-state index >= 15 is 0 Å². The third-order valence-corrected chi connectivity index (χ3v) is 3.21. The number of rotatable bonds is 3. The summed E-state index contributed by atoms with van der Waals surface area (Å²) in [5.41, 5.74) is 9.87. The lowest BCUT2D eigenvalue weighted by Gasteiger charge is -2.11. The van der Waals surface area contributed by atoms with Crippen molar-refractivity contribution in [1.82, 2.24) is 4.57 Å². The van der Waals surface area contributed by atoms with Gasteiger partial charge in [0.15, 0.2) is 0 Å². The summed E-state index contributed by atoms with van der Waals surface area (Å²) in [4.78, 5) is 0. The molecule has 0 aliphatic carbocycles. The van der Waals surface area contributed by atoms with Gasteiger partial charge >= 0.3 is 0 Å². The first-order valence-corrected chi connectivity index (χ1v) is 6.34. The van der Waals surface area contributed by atoms with E-state index in [1.807, 2.05) is 0 Å². The number of hydrogen-bond donors (Lipinski definition) is 1. The Labute approximate surface area is 103 Å². The smallest absolute Gasteiger partial charge is 0.0488 e.